The zero-order valence-corrected chi connectivity index (χ0v) is 15.7. The van der Waals surface area contributed by atoms with Crippen molar-refractivity contribution in [3.8, 4) is 0 Å². The molecule has 1 aromatic heterocycles. The third-order valence-electron chi connectivity index (χ3n) is 4.74. The number of halogens is 1. The fraction of sp³-hybridized carbons (Fsp3) is 0.500. The van der Waals surface area contributed by atoms with Crippen LogP contribution in [0.5, 0.6) is 0 Å². The summed E-state index contributed by atoms with van der Waals surface area (Å²) in [5.41, 5.74) is 2.39. The number of fused-ring (bicyclic) bond motifs is 1. The fourth-order valence-corrected chi connectivity index (χ4v) is 4.36. The van der Waals surface area contributed by atoms with Crippen LogP contribution in [0.4, 0.5) is 10.1 Å². The summed E-state index contributed by atoms with van der Waals surface area (Å²) in [4.78, 5) is 15.5. The van der Waals surface area contributed by atoms with Crippen LogP contribution in [-0.2, 0) is 10.0 Å². The van der Waals surface area contributed by atoms with E-state index in [-0.39, 0.29) is 17.7 Å². The van der Waals surface area contributed by atoms with Crippen LogP contribution in [0, 0.1) is 6.92 Å². The lowest BCUT2D eigenvalue weighted by Gasteiger charge is -2.30. The molecule has 142 valence electrons. The van der Waals surface area contributed by atoms with Crippen LogP contribution in [0.25, 0.3) is 10.9 Å². The number of amides is 1. The van der Waals surface area contributed by atoms with Crippen LogP contribution in [-0.4, -0.2) is 37.3 Å². The van der Waals surface area contributed by atoms with Gasteiger partial charge >= 0.3 is 0 Å². The predicted molar refractivity (Wildman–Crippen MR) is 101 cm³/mol. The van der Waals surface area contributed by atoms with Gasteiger partial charge in [-0.05, 0) is 49.9 Å². The molecule has 0 atom stereocenters. The highest BCUT2D eigenvalue weighted by Gasteiger charge is 2.31. The number of alkyl halides is 1. The normalized spacial score (nSPS) is 20.0. The van der Waals surface area contributed by atoms with Gasteiger partial charge in [-0.25, -0.2) is 12.8 Å². The minimum Gasteiger partial charge on any atom is -0.350 e. The summed E-state index contributed by atoms with van der Waals surface area (Å²) in [7, 11) is -3.38. The van der Waals surface area contributed by atoms with E-state index < -0.39 is 16.2 Å². The quantitative estimate of drug-likeness (QED) is 0.687. The Balaban J connectivity index is 1.79. The Labute approximate surface area is 152 Å². The van der Waals surface area contributed by atoms with E-state index in [4.69, 9.17) is 0 Å². The van der Waals surface area contributed by atoms with Gasteiger partial charge in [0.05, 0.1) is 5.75 Å². The van der Waals surface area contributed by atoms with Crippen molar-refractivity contribution in [1.82, 2.24) is 10.3 Å². The van der Waals surface area contributed by atoms with Gasteiger partial charge in [-0.15, -0.1) is 0 Å². The van der Waals surface area contributed by atoms with Crippen LogP contribution >= 0.6 is 0 Å². The van der Waals surface area contributed by atoms with Crippen LogP contribution in [0.3, 0.4) is 0 Å². The molecule has 1 aromatic carbocycles. The van der Waals surface area contributed by atoms with Gasteiger partial charge in [-0.3, -0.25) is 9.52 Å². The smallest absolute Gasteiger partial charge is 0.268 e. The molecule has 1 aliphatic carbocycles. The third-order valence-corrected chi connectivity index (χ3v) is 6.11. The first-order valence-corrected chi connectivity index (χ1v) is 10.5. The van der Waals surface area contributed by atoms with E-state index in [0.717, 1.165) is 22.9 Å². The number of rotatable bonds is 7. The molecule has 1 saturated carbocycles. The van der Waals surface area contributed by atoms with Gasteiger partial charge in [-0.2, -0.15) is 0 Å². The van der Waals surface area contributed by atoms with Gasteiger partial charge in [0, 0.05) is 22.6 Å². The monoisotopic (exact) mass is 381 g/mol. The number of benzene rings is 1. The molecule has 1 amide bonds. The molecule has 8 heteroatoms. The lowest BCUT2D eigenvalue weighted by Crippen LogP contribution is -2.45. The van der Waals surface area contributed by atoms with Crippen molar-refractivity contribution in [2.45, 2.75) is 51.7 Å². The minimum absolute atomic E-state index is 0.0816. The van der Waals surface area contributed by atoms with Gasteiger partial charge < -0.3 is 10.3 Å². The number of H-pyrrole nitrogens is 1. The highest BCUT2D eigenvalue weighted by molar-refractivity contribution is 7.92. The topological polar surface area (TPSA) is 91.1 Å². The highest BCUT2D eigenvalue weighted by Crippen LogP contribution is 2.27. The minimum atomic E-state index is -3.38. The molecule has 0 unspecified atom stereocenters. The summed E-state index contributed by atoms with van der Waals surface area (Å²) >= 11 is 0. The van der Waals surface area contributed by atoms with Gasteiger partial charge in [0.25, 0.3) is 5.91 Å². The van der Waals surface area contributed by atoms with Crippen LogP contribution < -0.4 is 10.0 Å². The number of anilines is 1. The maximum Gasteiger partial charge on any atom is 0.268 e. The zero-order valence-electron chi connectivity index (χ0n) is 14.9. The number of aromatic amines is 1. The predicted octanol–water partition coefficient (Wildman–Crippen LogP) is 3.25. The number of aryl methyl sites for hydroxylation is 1. The first-order chi connectivity index (χ1) is 12.3. The second-order valence-corrected chi connectivity index (χ2v) is 8.74. The number of hydrogen-bond acceptors (Lipinski definition) is 3. The van der Waals surface area contributed by atoms with Crippen molar-refractivity contribution >= 4 is 32.5 Å². The van der Waals surface area contributed by atoms with Gasteiger partial charge in [-0.1, -0.05) is 13.3 Å². The van der Waals surface area contributed by atoms with Crippen molar-refractivity contribution < 1.29 is 17.6 Å². The first-order valence-electron chi connectivity index (χ1n) is 8.87. The molecule has 6 nitrogen and oxygen atoms in total. The summed E-state index contributed by atoms with van der Waals surface area (Å²) in [5.74, 6) is -0.182. The van der Waals surface area contributed by atoms with E-state index >= 15 is 0 Å². The summed E-state index contributed by atoms with van der Waals surface area (Å²) in [6, 6.07) is 5.02. The number of nitrogens with one attached hydrogen (secondary N) is 3. The number of aromatic nitrogens is 1. The molecule has 2 aromatic rings. The Morgan fingerprint density at radius 1 is 1.35 bits per heavy atom. The molecule has 0 bridgehead atoms. The molecule has 0 aliphatic heterocycles. The SMILES string of the molecule is CCCCS(=O)(=O)Nc1ccc2[nH]c(C(=O)NC3CC(F)C3)c(C)c2c1. The molecule has 0 radical (unpaired) electrons. The van der Waals surface area contributed by atoms with E-state index in [1.54, 1.807) is 18.2 Å². The van der Waals surface area contributed by atoms with Crippen molar-refractivity contribution in [2.24, 2.45) is 0 Å². The third kappa shape index (κ3) is 4.00. The largest absolute Gasteiger partial charge is 0.350 e. The van der Waals surface area contributed by atoms with Gasteiger partial charge in [0.2, 0.25) is 10.0 Å². The summed E-state index contributed by atoms with van der Waals surface area (Å²) in [5, 5.41) is 3.60. The highest BCUT2D eigenvalue weighted by atomic mass is 32.2. The number of sulfonamides is 1. The molecule has 1 fully saturated rings. The van der Waals surface area contributed by atoms with Crippen LogP contribution in [0.15, 0.2) is 18.2 Å². The van der Waals surface area contributed by atoms with Crippen molar-refractivity contribution in [3.63, 3.8) is 0 Å². The van der Waals surface area contributed by atoms with E-state index in [1.165, 1.54) is 0 Å². The molecule has 1 aliphatic rings. The van der Waals surface area contributed by atoms with Crippen molar-refractivity contribution in [3.05, 3.63) is 29.5 Å². The Morgan fingerprint density at radius 3 is 2.73 bits per heavy atom. The van der Waals surface area contributed by atoms with E-state index in [2.05, 4.69) is 15.0 Å². The standard InChI is InChI=1S/C18H24FN3O3S/c1-3-4-7-26(24,25)22-13-5-6-16-15(10-13)11(2)17(21-16)18(23)20-14-8-12(19)9-14/h5-6,10,12,14,21-22H,3-4,7-9H2,1-2H3,(H,20,23). The van der Waals surface area contributed by atoms with Gasteiger partial charge in [0.1, 0.15) is 11.9 Å². The average molecular weight is 381 g/mol. The number of hydrogen-bond donors (Lipinski definition) is 3. The Morgan fingerprint density at radius 2 is 2.08 bits per heavy atom. The van der Waals surface area contributed by atoms with E-state index in [1.807, 2.05) is 13.8 Å². The van der Waals surface area contributed by atoms with Gasteiger partial charge in [0.15, 0.2) is 0 Å². The Hall–Kier alpha value is -2.09. The second kappa shape index (κ2) is 7.26. The Bertz CT molecular complexity index is 917. The molecule has 3 N–H and O–H groups in total. The molecule has 3 rings (SSSR count). The zero-order chi connectivity index (χ0) is 18.9. The number of unbranched alkanes of at least 4 members (excludes halogenated alkanes) is 1. The van der Waals surface area contributed by atoms with E-state index in [0.29, 0.717) is 30.6 Å². The summed E-state index contributed by atoms with van der Waals surface area (Å²) < 4.78 is 39.6. The summed E-state index contributed by atoms with van der Waals surface area (Å²) in [6.45, 7) is 3.75. The van der Waals surface area contributed by atoms with Crippen molar-refractivity contribution in [2.75, 3.05) is 10.5 Å². The Kier molecular flexibility index (Phi) is 5.22. The van der Waals surface area contributed by atoms with Crippen molar-refractivity contribution in [1.29, 1.82) is 0 Å². The molecule has 1 heterocycles. The van der Waals surface area contributed by atoms with E-state index in [9.17, 15) is 17.6 Å². The lowest BCUT2D eigenvalue weighted by atomic mass is 9.90. The molecule has 0 spiro atoms. The second-order valence-electron chi connectivity index (χ2n) is 6.90. The molecular weight excluding hydrogens is 357 g/mol. The maximum absolute atomic E-state index is 12.9. The number of carbonyl (C=O) groups excluding carboxylic acids is 1. The average Bonchev–Trinajstić information content (AvgIpc) is 2.88. The van der Waals surface area contributed by atoms with Crippen LogP contribution in [0.1, 0.15) is 48.7 Å². The molecular formula is C18H24FN3O3S. The lowest BCUT2D eigenvalue weighted by molar-refractivity contribution is 0.0855. The fourth-order valence-electron chi connectivity index (χ4n) is 3.11. The summed E-state index contributed by atoms with van der Waals surface area (Å²) in [6.07, 6.45) is 1.29. The molecule has 26 heavy (non-hydrogen) atoms. The number of carbonyl (C=O) groups is 1. The first kappa shape index (κ1) is 18.7. The molecule has 0 saturated heterocycles. The van der Waals surface area contributed by atoms with Crippen LogP contribution in [0.2, 0.25) is 0 Å². The maximum atomic E-state index is 12.9.